The predicted molar refractivity (Wildman–Crippen MR) is 25.2 cm³/mol. The van der Waals surface area contributed by atoms with Crippen LogP contribution in [-0.2, 0) is 4.57 Å². The van der Waals surface area contributed by atoms with Gasteiger partial charge in [-0.15, -0.1) is 0 Å². The van der Waals surface area contributed by atoms with Crippen LogP contribution in [0.5, 0.6) is 0 Å². The molecule has 0 saturated carbocycles. The van der Waals surface area contributed by atoms with Gasteiger partial charge in [0.25, 0.3) is 0 Å². The maximum Gasteiger partial charge on any atom is 0.250 e. The van der Waals surface area contributed by atoms with Gasteiger partial charge in [-0.25, -0.2) is 0 Å². The number of hydrogen-bond acceptors (Lipinski definition) is 1. The Morgan fingerprint density at radius 3 is 1.60 bits per heavy atom. The predicted octanol–water partition coefficient (Wildman–Crippen LogP) is 2.29. The summed E-state index contributed by atoms with van der Waals surface area (Å²) in [5.74, 6) is -2.69. The summed E-state index contributed by atoms with van der Waals surface area (Å²) in [7, 11) is 0. The summed E-state index contributed by atoms with van der Waals surface area (Å²) in [6.07, 6.45) is 0. The maximum atomic E-state index is 9.75. The Morgan fingerprint density at radius 1 is 1.60 bits per heavy atom. The highest BCUT2D eigenvalue weighted by Gasteiger charge is 1.98. The molecule has 0 spiro atoms. The minimum absolute atomic E-state index is 1.27. The summed E-state index contributed by atoms with van der Waals surface area (Å²) < 4.78 is 9.75. The lowest BCUT2D eigenvalue weighted by atomic mass is 13.9. The zero-order valence-corrected chi connectivity index (χ0v) is 5.02. The first-order chi connectivity index (χ1) is 2.00. The zero-order valence-electron chi connectivity index (χ0n) is 2.61. The average Bonchev–Trinajstić information content (AvgIpc) is 0.722. The molecule has 5 heavy (non-hydrogen) atoms. The Balaban J connectivity index is 3.47. The van der Waals surface area contributed by atoms with Crippen LogP contribution < -0.4 is 0 Å². The van der Waals surface area contributed by atoms with Crippen LogP contribution in [0.25, 0.3) is 0 Å². The van der Waals surface area contributed by atoms with Crippen LogP contribution in [0.3, 0.4) is 0 Å². The van der Waals surface area contributed by atoms with E-state index in [9.17, 15) is 4.57 Å². The molecule has 0 unspecified atom stereocenters. The highest BCUT2D eigenvalue weighted by molar-refractivity contribution is 8.08. The van der Waals surface area contributed by atoms with Crippen LogP contribution in [0, 0.1) is 0 Å². The van der Waals surface area contributed by atoms with E-state index >= 15 is 0 Å². The summed E-state index contributed by atoms with van der Waals surface area (Å²) in [5, 5.41) is 0. The van der Waals surface area contributed by atoms with Crippen molar-refractivity contribution in [1.82, 2.24) is 0 Å². The second kappa shape index (κ2) is 1.51. The number of hydrogen-bond donors (Lipinski definition) is 0. The van der Waals surface area contributed by atoms with Crippen LogP contribution in [0.1, 0.15) is 0 Å². The molecule has 0 amide bonds. The summed E-state index contributed by atoms with van der Waals surface area (Å²) in [4.78, 5) is 0. The van der Waals surface area contributed by atoms with E-state index in [1.165, 1.54) is 6.66 Å². The molecule has 0 heterocycles. The summed E-state index contributed by atoms with van der Waals surface area (Å²) in [5.41, 5.74) is 0. The lowest BCUT2D eigenvalue weighted by molar-refractivity contribution is 0.595. The Bertz CT molecular complexity index is 55.8. The van der Waals surface area contributed by atoms with E-state index in [0.29, 0.717) is 0 Å². The fraction of sp³-hybridized carbons (Fsp3) is 1.00. The Hall–Kier alpha value is 0.810. The van der Waals surface area contributed by atoms with Crippen molar-refractivity contribution in [1.29, 1.82) is 0 Å². The summed E-state index contributed by atoms with van der Waals surface area (Å²) in [6.45, 7) is 1.27. The molecule has 0 aromatic rings. The molecule has 0 aromatic heterocycles. The van der Waals surface area contributed by atoms with Crippen molar-refractivity contribution in [3.8, 4) is 0 Å². The topological polar surface area (TPSA) is 17.1 Å². The van der Waals surface area contributed by atoms with Gasteiger partial charge in [0.2, 0.25) is 5.85 Å². The van der Waals surface area contributed by atoms with E-state index in [-0.39, 0.29) is 0 Å². The Kier molecular flexibility index (Phi) is 1.75. The van der Waals surface area contributed by atoms with Gasteiger partial charge in [-0.2, -0.15) is 0 Å². The average molecular weight is 135 g/mol. The van der Waals surface area contributed by atoms with Crippen LogP contribution in [-0.4, -0.2) is 6.66 Å². The lowest BCUT2D eigenvalue weighted by Crippen LogP contribution is -1.37. The molecule has 32 valence electrons. The van der Waals surface area contributed by atoms with Gasteiger partial charge in [-0.1, -0.05) is 0 Å². The third-order valence-corrected chi connectivity index (χ3v) is 0. The monoisotopic (exact) mass is 134 g/mol. The second-order valence-corrected chi connectivity index (χ2v) is 6.56. The van der Waals surface area contributed by atoms with Crippen molar-refractivity contribution in [3.05, 3.63) is 0 Å². The first-order valence-electron chi connectivity index (χ1n) is 0.968. The Labute approximate surface area is 40.2 Å². The highest BCUT2D eigenvalue weighted by atomic mass is 35.9. The van der Waals surface area contributed by atoms with Crippen LogP contribution in [0.2, 0.25) is 0 Å². The van der Waals surface area contributed by atoms with Crippen molar-refractivity contribution in [2.75, 3.05) is 6.66 Å². The molecule has 1 nitrogen and oxygen atoms in total. The minimum atomic E-state index is -2.69. The van der Waals surface area contributed by atoms with Crippen molar-refractivity contribution >= 4 is 28.3 Å². The van der Waals surface area contributed by atoms with Gasteiger partial charge >= 0.3 is 0 Å². The van der Waals surface area contributed by atoms with Gasteiger partial charge in [0.05, 0.1) is 0 Å². The minimum Gasteiger partial charge on any atom is -0.290 e. The van der Waals surface area contributed by atoms with Crippen LogP contribution >= 0.6 is 28.3 Å². The molecule has 0 atom stereocenters. The van der Waals surface area contributed by atoms with Gasteiger partial charge in [0.1, 0.15) is 0 Å². The first kappa shape index (κ1) is 5.81. The molecule has 0 aromatic carbocycles. The van der Waals surface area contributed by atoms with E-state index in [4.69, 9.17) is 22.5 Å². The summed E-state index contributed by atoms with van der Waals surface area (Å²) >= 11 is 9.70. The molecule has 0 saturated heterocycles. The molecule has 0 fully saturated rings. The Morgan fingerprint density at radius 2 is 1.60 bits per heavy atom. The van der Waals surface area contributed by atoms with E-state index in [2.05, 4.69) is 0 Å². The lowest BCUT2D eigenvalue weighted by Gasteiger charge is -1.78. The van der Waals surface area contributed by atoms with Gasteiger partial charge < -0.3 is 0 Å². The van der Waals surface area contributed by atoms with Crippen LogP contribution in [0.15, 0.2) is 0 Å². The van der Waals surface area contributed by atoms with E-state index < -0.39 is 5.85 Å². The molecule has 0 aliphatic rings. The number of halogens is 2. The molecule has 0 radical (unpaired) electrons. The molecule has 0 N–H and O–H groups in total. The fourth-order valence-corrected chi connectivity index (χ4v) is 0. The molecule has 0 aliphatic heterocycles. The highest BCUT2D eigenvalue weighted by Crippen LogP contribution is 2.52. The third-order valence-electron chi connectivity index (χ3n) is 0. The van der Waals surface area contributed by atoms with Crippen molar-refractivity contribution in [2.45, 2.75) is 0 Å². The standard InChI is InChI=1S/CH3Cl2OP/c1-5(2,3)4/h1H3/i1+2. The van der Waals surface area contributed by atoms with Gasteiger partial charge in [-0.3, -0.25) is 4.57 Å². The second-order valence-electron chi connectivity index (χ2n) is 0.723. The fourth-order valence-electron chi connectivity index (χ4n) is 0. The molecular formula is CH3Cl2OP. The quantitative estimate of drug-likeness (QED) is 0.465. The van der Waals surface area contributed by atoms with Crippen LogP contribution in [0.4, 0.5) is 0 Å². The molecule has 0 bridgehead atoms. The van der Waals surface area contributed by atoms with Crippen molar-refractivity contribution in [2.24, 2.45) is 0 Å². The molecule has 0 rings (SSSR count). The van der Waals surface area contributed by atoms with E-state index in [1.54, 1.807) is 0 Å². The normalized spacial score (nSPS) is 11.8. The largest absolute Gasteiger partial charge is 0.290 e. The van der Waals surface area contributed by atoms with Crippen molar-refractivity contribution in [3.63, 3.8) is 0 Å². The zero-order chi connectivity index (χ0) is 4.50. The van der Waals surface area contributed by atoms with Crippen molar-refractivity contribution < 1.29 is 4.57 Å². The molecular weight excluding hydrogens is 132 g/mol. The summed E-state index contributed by atoms with van der Waals surface area (Å²) in [6, 6.07) is 0. The van der Waals surface area contributed by atoms with E-state index in [0.717, 1.165) is 0 Å². The molecule has 4 heteroatoms. The smallest absolute Gasteiger partial charge is 0.250 e. The van der Waals surface area contributed by atoms with Gasteiger partial charge in [-0.05, 0) is 22.5 Å². The molecule has 0 aliphatic carbocycles. The SMILES string of the molecule is [14CH3]P(=O)(Cl)Cl. The van der Waals surface area contributed by atoms with Gasteiger partial charge in [0.15, 0.2) is 0 Å². The van der Waals surface area contributed by atoms with E-state index in [1.807, 2.05) is 0 Å². The third kappa shape index (κ3) is 57.9. The van der Waals surface area contributed by atoms with Gasteiger partial charge in [0, 0.05) is 6.66 Å². The maximum absolute atomic E-state index is 9.75. The first-order valence-corrected chi connectivity index (χ1v) is 4.93. The number of rotatable bonds is 0.